The van der Waals surface area contributed by atoms with Crippen LogP contribution in [0.25, 0.3) is 11.0 Å². The Morgan fingerprint density at radius 1 is 1.35 bits per heavy atom. The second-order valence-corrected chi connectivity index (χ2v) is 4.49. The Bertz CT molecular complexity index is 515. The predicted molar refractivity (Wildman–Crippen MR) is 65.3 cm³/mol. The first kappa shape index (κ1) is 10.6. The molecular formula is C13H16N2O2. The molecule has 1 fully saturated rings. The third-order valence-corrected chi connectivity index (χ3v) is 3.21. The van der Waals surface area contributed by atoms with Crippen molar-refractivity contribution in [2.24, 2.45) is 0 Å². The van der Waals surface area contributed by atoms with Crippen molar-refractivity contribution in [3.8, 4) is 5.75 Å². The van der Waals surface area contributed by atoms with Crippen LogP contribution in [0.3, 0.4) is 0 Å². The van der Waals surface area contributed by atoms with Gasteiger partial charge in [-0.25, -0.2) is 0 Å². The number of fused-ring (bicyclic) bond motifs is 1. The molecule has 2 aromatic rings. The van der Waals surface area contributed by atoms with Gasteiger partial charge in [-0.2, -0.15) is 0 Å². The minimum Gasteiger partial charge on any atom is -0.490 e. The SMILES string of the molecule is Cc1noc2cc(OC3CCNCC3)ccc12. The van der Waals surface area contributed by atoms with Gasteiger partial charge in [0.25, 0.3) is 0 Å². The highest BCUT2D eigenvalue weighted by Gasteiger charge is 2.15. The Balaban J connectivity index is 1.80. The smallest absolute Gasteiger partial charge is 0.170 e. The highest BCUT2D eigenvalue weighted by molar-refractivity contribution is 5.80. The lowest BCUT2D eigenvalue weighted by Crippen LogP contribution is -2.34. The fourth-order valence-electron chi connectivity index (χ4n) is 2.22. The van der Waals surface area contributed by atoms with E-state index in [4.69, 9.17) is 9.26 Å². The molecule has 0 amide bonds. The van der Waals surface area contributed by atoms with Crippen LogP contribution in [0.5, 0.6) is 5.75 Å². The van der Waals surface area contributed by atoms with Gasteiger partial charge in [-0.1, -0.05) is 5.16 Å². The van der Waals surface area contributed by atoms with Crippen molar-refractivity contribution in [1.82, 2.24) is 10.5 Å². The van der Waals surface area contributed by atoms with E-state index in [0.717, 1.165) is 48.3 Å². The number of nitrogens with one attached hydrogen (secondary N) is 1. The van der Waals surface area contributed by atoms with Gasteiger partial charge in [-0.05, 0) is 45.0 Å². The fraction of sp³-hybridized carbons (Fsp3) is 0.462. The maximum atomic E-state index is 5.94. The van der Waals surface area contributed by atoms with Crippen LogP contribution < -0.4 is 10.1 Å². The first-order valence-corrected chi connectivity index (χ1v) is 6.06. The molecule has 0 aliphatic carbocycles. The fourth-order valence-corrected chi connectivity index (χ4v) is 2.22. The summed E-state index contributed by atoms with van der Waals surface area (Å²) in [4.78, 5) is 0. The molecule has 1 aliphatic rings. The molecule has 4 nitrogen and oxygen atoms in total. The Hall–Kier alpha value is -1.55. The molecular weight excluding hydrogens is 216 g/mol. The standard InChI is InChI=1S/C13H16N2O2/c1-9-12-3-2-11(8-13(12)17-15-9)16-10-4-6-14-7-5-10/h2-3,8,10,14H,4-7H2,1H3. The Kier molecular flexibility index (Phi) is 2.73. The number of nitrogens with zero attached hydrogens (tertiary/aromatic N) is 1. The number of hydrogen-bond donors (Lipinski definition) is 1. The molecule has 1 N–H and O–H groups in total. The van der Waals surface area contributed by atoms with Gasteiger partial charge in [0.15, 0.2) is 5.58 Å². The molecule has 0 radical (unpaired) electrons. The number of benzene rings is 1. The molecule has 3 rings (SSSR count). The summed E-state index contributed by atoms with van der Waals surface area (Å²) < 4.78 is 11.2. The van der Waals surface area contributed by atoms with E-state index in [-0.39, 0.29) is 0 Å². The van der Waals surface area contributed by atoms with E-state index in [1.807, 2.05) is 25.1 Å². The summed E-state index contributed by atoms with van der Waals surface area (Å²) in [5.41, 5.74) is 1.72. The predicted octanol–water partition coefficient (Wildman–Crippen LogP) is 2.27. The zero-order valence-corrected chi connectivity index (χ0v) is 9.90. The summed E-state index contributed by atoms with van der Waals surface area (Å²) in [7, 11) is 0. The lowest BCUT2D eigenvalue weighted by Gasteiger charge is -2.23. The molecule has 17 heavy (non-hydrogen) atoms. The second-order valence-electron chi connectivity index (χ2n) is 4.49. The number of piperidine rings is 1. The average molecular weight is 232 g/mol. The van der Waals surface area contributed by atoms with Crippen molar-refractivity contribution in [1.29, 1.82) is 0 Å². The van der Waals surface area contributed by atoms with Gasteiger partial charge in [-0.3, -0.25) is 0 Å². The topological polar surface area (TPSA) is 47.3 Å². The molecule has 1 aromatic heterocycles. The van der Waals surface area contributed by atoms with Gasteiger partial charge in [0.1, 0.15) is 11.9 Å². The Morgan fingerprint density at radius 3 is 3.00 bits per heavy atom. The van der Waals surface area contributed by atoms with Gasteiger partial charge in [0.2, 0.25) is 0 Å². The van der Waals surface area contributed by atoms with E-state index < -0.39 is 0 Å². The van der Waals surface area contributed by atoms with E-state index >= 15 is 0 Å². The normalized spacial score (nSPS) is 17.5. The van der Waals surface area contributed by atoms with Crippen LogP contribution in [0.4, 0.5) is 0 Å². The van der Waals surface area contributed by atoms with Crippen molar-refractivity contribution >= 4 is 11.0 Å². The molecule has 0 spiro atoms. The van der Waals surface area contributed by atoms with Crippen LogP contribution in [0.1, 0.15) is 18.5 Å². The molecule has 1 saturated heterocycles. The molecule has 1 aliphatic heterocycles. The summed E-state index contributed by atoms with van der Waals surface area (Å²) in [6.45, 7) is 4.02. The number of rotatable bonds is 2. The molecule has 2 heterocycles. The molecule has 0 unspecified atom stereocenters. The van der Waals surface area contributed by atoms with Crippen molar-refractivity contribution in [3.63, 3.8) is 0 Å². The lowest BCUT2D eigenvalue weighted by molar-refractivity contribution is 0.162. The highest BCUT2D eigenvalue weighted by Crippen LogP contribution is 2.24. The minimum atomic E-state index is 0.317. The maximum absolute atomic E-state index is 5.94. The Labute approximate surface area is 99.9 Å². The first-order chi connectivity index (χ1) is 8.33. The molecule has 90 valence electrons. The van der Waals surface area contributed by atoms with Crippen molar-refractivity contribution in [2.75, 3.05) is 13.1 Å². The summed E-state index contributed by atoms with van der Waals surface area (Å²) in [5, 5.41) is 8.33. The van der Waals surface area contributed by atoms with Crippen LogP contribution in [0.2, 0.25) is 0 Å². The monoisotopic (exact) mass is 232 g/mol. The van der Waals surface area contributed by atoms with Gasteiger partial charge in [0.05, 0.1) is 5.69 Å². The second kappa shape index (κ2) is 4.37. The molecule has 0 bridgehead atoms. The molecule has 0 atom stereocenters. The number of aryl methyl sites for hydroxylation is 1. The van der Waals surface area contributed by atoms with Crippen LogP contribution in [-0.4, -0.2) is 24.4 Å². The summed E-state index contributed by atoms with van der Waals surface area (Å²) >= 11 is 0. The van der Waals surface area contributed by atoms with E-state index in [2.05, 4.69) is 10.5 Å². The third-order valence-electron chi connectivity index (χ3n) is 3.21. The number of hydrogen-bond acceptors (Lipinski definition) is 4. The maximum Gasteiger partial charge on any atom is 0.170 e. The molecule has 0 saturated carbocycles. The van der Waals surface area contributed by atoms with Crippen LogP contribution in [0, 0.1) is 6.92 Å². The van der Waals surface area contributed by atoms with Crippen LogP contribution >= 0.6 is 0 Å². The van der Waals surface area contributed by atoms with Crippen LogP contribution in [0.15, 0.2) is 22.7 Å². The zero-order chi connectivity index (χ0) is 11.7. The summed E-state index contributed by atoms with van der Waals surface area (Å²) in [5.74, 6) is 0.876. The van der Waals surface area contributed by atoms with E-state index in [0.29, 0.717) is 6.10 Å². The number of ether oxygens (including phenoxy) is 1. The number of aromatic nitrogens is 1. The van der Waals surface area contributed by atoms with Crippen molar-refractivity contribution in [2.45, 2.75) is 25.9 Å². The Morgan fingerprint density at radius 2 is 2.18 bits per heavy atom. The minimum absolute atomic E-state index is 0.317. The summed E-state index contributed by atoms with van der Waals surface area (Å²) in [6, 6.07) is 5.93. The van der Waals surface area contributed by atoms with Gasteiger partial charge in [-0.15, -0.1) is 0 Å². The molecule has 1 aromatic carbocycles. The van der Waals surface area contributed by atoms with Gasteiger partial charge in [0, 0.05) is 11.5 Å². The third kappa shape index (κ3) is 2.13. The van der Waals surface area contributed by atoms with E-state index in [1.54, 1.807) is 0 Å². The van der Waals surface area contributed by atoms with Gasteiger partial charge < -0.3 is 14.6 Å². The van der Waals surface area contributed by atoms with Crippen molar-refractivity contribution in [3.05, 3.63) is 23.9 Å². The summed E-state index contributed by atoms with van der Waals surface area (Å²) in [6.07, 6.45) is 2.44. The lowest BCUT2D eigenvalue weighted by atomic mass is 10.1. The van der Waals surface area contributed by atoms with Crippen molar-refractivity contribution < 1.29 is 9.26 Å². The average Bonchev–Trinajstić information content (AvgIpc) is 2.72. The van der Waals surface area contributed by atoms with Gasteiger partial charge >= 0.3 is 0 Å². The largest absolute Gasteiger partial charge is 0.490 e. The highest BCUT2D eigenvalue weighted by atomic mass is 16.5. The first-order valence-electron chi connectivity index (χ1n) is 6.06. The molecule has 4 heteroatoms. The van der Waals surface area contributed by atoms with E-state index in [9.17, 15) is 0 Å². The quantitative estimate of drug-likeness (QED) is 0.862. The van der Waals surface area contributed by atoms with Crippen LogP contribution in [-0.2, 0) is 0 Å². The zero-order valence-electron chi connectivity index (χ0n) is 9.90. The van der Waals surface area contributed by atoms with E-state index in [1.165, 1.54) is 0 Å².